The van der Waals surface area contributed by atoms with Crippen molar-refractivity contribution in [2.45, 2.75) is 11.8 Å². The highest BCUT2D eigenvalue weighted by Gasteiger charge is 2.20. The van der Waals surface area contributed by atoms with Crippen LogP contribution < -0.4 is 5.32 Å². The van der Waals surface area contributed by atoms with Gasteiger partial charge in [-0.05, 0) is 24.6 Å². The molecule has 0 radical (unpaired) electrons. The Labute approximate surface area is 100 Å². The van der Waals surface area contributed by atoms with Gasteiger partial charge in [0.05, 0.1) is 10.6 Å². The number of hydrogen-bond acceptors (Lipinski definition) is 3. The molecule has 1 aliphatic heterocycles. The zero-order chi connectivity index (χ0) is 12.5. The highest BCUT2D eigenvalue weighted by atomic mass is 32.2. The Balaban J connectivity index is 2.22. The van der Waals surface area contributed by atoms with Crippen LogP contribution in [0.2, 0.25) is 0 Å². The minimum Gasteiger partial charge on any atom is -0.349 e. The fourth-order valence-corrected chi connectivity index (χ4v) is 3.04. The molecule has 1 amide bonds. The minimum atomic E-state index is -3.34. The Morgan fingerprint density at radius 3 is 2.41 bits per heavy atom. The number of aryl methyl sites for hydroxylation is 1. The third-order valence-corrected chi connectivity index (χ3v) is 4.32. The maximum Gasteiger partial charge on any atom is 0.244 e. The summed E-state index contributed by atoms with van der Waals surface area (Å²) in [5, 5.41) is 2.56. The molecule has 2 rings (SSSR count). The number of carbonyl (C=O) groups is 1. The summed E-state index contributed by atoms with van der Waals surface area (Å²) < 4.78 is 24.1. The number of sulfone groups is 1. The van der Waals surface area contributed by atoms with Crippen LogP contribution in [0.15, 0.2) is 40.8 Å². The largest absolute Gasteiger partial charge is 0.349 e. The van der Waals surface area contributed by atoms with Gasteiger partial charge in [-0.3, -0.25) is 4.79 Å². The average molecular weight is 251 g/mol. The van der Waals surface area contributed by atoms with Crippen LogP contribution >= 0.6 is 0 Å². The molecule has 0 aliphatic carbocycles. The summed E-state index contributed by atoms with van der Waals surface area (Å²) in [7, 11) is -3.34. The maximum atomic E-state index is 12.0. The van der Waals surface area contributed by atoms with Crippen LogP contribution in [0.3, 0.4) is 0 Å². The highest BCUT2D eigenvalue weighted by Crippen LogP contribution is 2.15. The number of benzene rings is 1. The fourth-order valence-electron chi connectivity index (χ4n) is 1.65. The zero-order valence-corrected chi connectivity index (χ0v) is 10.3. The van der Waals surface area contributed by atoms with E-state index in [4.69, 9.17) is 0 Å². The lowest BCUT2D eigenvalue weighted by atomic mass is 10.2. The summed E-state index contributed by atoms with van der Waals surface area (Å²) in [5.41, 5.74) is 1.62. The summed E-state index contributed by atoms with van der Waals surface area (Å²) in [6, 6.07) is 6.71. The van der Waals surface area contributed by atoms with E-state index in [-0.39, 0.29) is 11.7 Å². The Kier molecular flexibility index (Phi) is 3.02. The van der Waals surface area contributed by atoms with Gasteiger partial charge >= 0.3 is 0 Å². The van der Waals surface area contributed by atoms with Crippen molar-refractivity contribution in [2.75, 3.05) is 12.3 Å². The molecule has 0 fully saturated rings. The molecule has 0 bridgehead atoms. The molecule has 0 saturated carbocycles. The van der Waals surface area contributed by atoms with E-state index in [2.05, 4.69) is 5.32 Å². The lowest BCUT2D eigenvalue weighted by Crippen LogP contribution is -2.17. The molecule has 5 heteroatoms. The molecule has 0 atom stereocenters. The van der Waals surface area contributed by atoms with Crippen molar-refractivity contribution in [2.24, 2.45) is 0 Å². The summed E-state index contributed by atoms with van der Waals surface area (Å²) in [4.78, 5) is 11.2. The van der Waals surface area contributed by atoms with Crippen LogP contribution in [0.1, 0.15) is 5.56 Å². The second kappa shape index (κ2) is 4.33. The number of rotatable bonds is 3. The van der Waals surface area contributed by atoms with E-state index in [1.54, 1.807) is 24.3 Å². The van der Waals surface area contributed by atoms with Gasteiger partial charge < -0.3 is 5.32 Å². The van der Waals surface area contributed by atoms with Crippen LogP contribution in [-0.4, -0.2) is 26.6 Å². The number of hydrogen-bond donors (Lipinski definition) is 1. The van der Waals surface area contributed by atoms with E-state index >= 15 is 0 Å². The van der Waals surface area contributed by atoms with Crippen LogP contribution in [-0.2, 0) is 14.6 Å². The molecule has 4 nitrogen and oxygen atoms in total. The van der Waals surface area contributed by atoms with Crippen LogP contribution in [0.5, 0.6) is 0 Å². The summed E-state index contributed by atoms with van der Waals surface area (Å²) >= 11 is 0. The summed E-state index contributed by atoms with van der Waals surface area (Å²) in [6.45, 7) is 2.22. The first-order chi connectivity index (χ1) is 7.97. The summed E-state index contributed by atoms with van der Waals surface area (Å²) in [6.07, 6.45) is 1.35. The van der Waals surface area contributed by atoms with Gasteiger partial charge in [-0.1, -0.05) is 17.7 Å². The van der Waals surface area contributed by atoms with Gasteiger partial charge in [0.2, 0.25) is 5.91 Å². The normalized spacial score (nSPS) is 15.6. The fraction of sp³-hybridized carbons (Fsp3) is 0.250. The monoisotopic (exact) mass is 251 g/mol. The molecule has 0 unspecified atom stereocenters. The van der Waals surface area contributed by atoms with Crippen molar-refractivity contribution >= 4 is 15.7 Å². The van der Waals surface area contributed by atoms with Crippen molar-refractivity contribution < 1.29 is 13.2 Å². The van der Waals surface area contributed by atoms with Gasteiger partial charge in [-0.2, -0.15) is 0 Å². The Bertz CT molecular complexity index is 570. The standard InChI is InChI=1S/C12H13NO3S/c1-9-2-4-11(5-3-9)17(15,16)8-10-6-12(14)13-7-10/h2-6H,7-8H2,1H3,(H,13,14). The van der Waals surface area contributed by atoms with E-state index in [0.29, 0.717) is 17.0 Å². The Hall–Kier alpha value is -1.62. The second-order valence-corrected chi connectivity index (χ2v) is 6.08. The lowest BCUT2D eigenvalue weighted by molar-refractivity contribution is -0.115. The zero-order valence-electron chi connectivity index (χ0n) is 9.43. The molecular formula is C12H13NO3S. The van der Waals surface area contributed by atoms with Gasteiger partial charge in [0.25, 0.3) is 0 Å². The lowest BCUT2D eigenvalue weighted by Gasteiger charge is -2.05. The molecule has 90 valence electrons. The van der Waals surface area contributed by atoms with Crippen LogP contribution in [0, 0.1) is 6.92 Å². The van der Waals surface area contributed by atoms with E-state index in [0.717, 1.165) is 5.56 Å². The third kappa shape index (κ3) is 2.74. The van der Waals surface area contributed by atoms with Gasteiger partial charge in [-0.15, -0.1) is 0 Å². The predicted molar refractivity (Wildman–Crippen MR) is 64.3 cm³/mol. The SMILES string of the molecule is Cc1ccc(S(=O)(=O)CC2=CC(=O)NC2)cc1. The predicted octanol–water partition coefficient (Wildman–Crippen LogP) is 0.825. The molecule has 0 aromatic heterocycles. The summed E-state index contributed by atoms with van der Waals surface area (Å²) in [5.74, 6) is -0.325. The first-order valence-corrected chi connectivity index (χ1v) is 6.89. The van der Waals surface area contributed by atoms with Crippen molar-refractivity contribution in [3.05, 3.63) is 41.5 Å². The molecule has 1 aromatic rings. The quantitative estimate of drug-likeness (QED) is 0.865. The third-order valence-electron chi connectivity index (χ3n) is 2.58. The molecule has 1 aromatic carbocycles. The molecule has 0 saturated heterocycles. The highest BCUT2D eigenvalue weighted by molar-refractivity contribution is 7.91. The number of carbonyl (C=O) groups excluding carboxylic acids is 1. The second-order valence-electron chi connectivity index (χ2n) is 4.09. The molecule has 1 N–H and O–H groups in total. The molecule has 1 heterocycles. The van der Waals surface area contributed by atoms with Crippen molar-refractivity contribution in [3.63, 3.8) is 0 Å². The topological polar surface area (TPSA) is 63.2 Å². The average Bonchev–Trinajstić information content (AvgIpc) is 2.63. The minimum absolute atomic E-state index is 0.102. The van der Waals surface area contributed by atoms with Gasteiger partial charge in [0.1, 0.15) is 0 Å². The van der Waals surface area contributed by atoms with Gasteiger partial charge in [0.15, 0.2) is 9.84 Å². The first-order valence-electron chi connectivity index (χ1n) is 5.24. The number of nitrogens with one attached hydrogen (secondary N) is 1. The molecule has 1 aliphatic rings. The smallest absolute Gasteiger partial charge is 0.244 e. The van der Waals surface area contributed by atoms with E-state index in [9.17, 15) is 13.2 Å². The van der Waals surface area contributed by atoms with Crippen molar-refractivity contribution in [3.8, 4) is 0 Å². The maximum absolute atomic E-state index is 12.0. The van der Waals surface area contributed by atoms with E-state index < -0.39 is 9.84 Å². The van der Waals surface area contributed by atoms with Crippen molar-refractivity contribution in [1.29, 1.82) is 0 Å². The molecule has 17 heavy (non-hydrogen) atoms. The Morgan fingerprint density at radius 1 is 1.24 bits per heavy atom. The van der Waals surface area contributed by atoms with Gasteiger partial charge in [0, 0.05) is 12.6 Å². The molecule has 0 spiro atoms. The van der Waals surface area contributed by atoms with E-state index in [1.165, 1.54) is 6.08 Å². The van der Waals surface area contributed by atoms with Gasteiger partial charge in [-0.25, -0.2) is 8.42 Å². The van der Waals surface area contributed by atoms with Crippen molar-refractivity contribution in [1.82, 2.24) is 5.32 Å². The number of amides is 1. The van der Waals surface area contributed by atoms with E-state index in [1.807, 2.05) is 6.92 Å². The first kappa shape index (κ1) is 11.9. The van der Waals surface area contributed by atoms with Crippen LogP contribution in [0.4, 0.5) is 0 Å². The Morgan fingerprint density at radius 2 is 1.88 bits per heavy atom. The molecular weight excluding hydrogens is 238 g/mol. The van der Waals surface area contributed by atoms with Crippen LogP contribution in [0.25, 0.3) is 0 Å².